The van der Waals surface area contributed by atoms with Gasteiger partial charge in [0, 0.05) is 12.6 Å². The highest BCUT2D eigenvalue weighted by atomic mass is 16.5. The smallest absolute Gasteiger partial charge is 0.258 e. The summed E-state index contributed by atoms with van der Waals surface area (Å²) in [6.07, 6.45) is 2.11. The highest BCUT2D eigenvalue weighted by Crippen LogP contribution is 2.11. The van der Waals surface area contributed by atoms with Crippen molar-refractivity contribution in [1.29, 1.82) is 0 Å². The summed E-state index contributed by atoms with van der Waals surface area (Å²) in [5.41, 5.74) is 6.57. The van der Waals surface area contributed by atoms with Gasteiger partial charge in [-0.2, -0.15) is 0 Å². The second-order valence-corrected chi connectivity index (χ2v) is 5.58. The van der Waals surface area contributed by atoms with E-state index in [0.29, 0.717) is 18.2 Å². The van der Waals surface area contributed by atoms with Crippen LogP contribution in [0.1, 0.15) is 39.2 Å². The Balaban J connectivity index is 2.28. The molecule has 4 nitrogen and oxygen atoms in total. The molecular weight excluding hydrogens is 252 g/mol. The highest BCUT2D eigenvalue weighted by Gasteiger charge is 2.08. The van der Waals surface area contributed by atoms with Crippen molar-refractivity contribution in [2.45, 2.75) is 46.2 Å². The lowest BCUT2D eigenvalue weighted by Crippen LogP contribution is -2.36. The predicted molar refractivity (Wildman–Crippen MR) is 81.5 cm³/mol. The molecule has 0 aliphatic carbocycles. The zero-order valence-electron chi connectivity index (χ0n) is 12.7. The molecule has 3 N–H and O–H groups in total. The van der Waals surface area contributed by atoms with E-state index >= 15 is 0 Å². The van der Waals surface area contributed by atoms with Crippen molar-refractivity contribution >= 4 is 5.91 Å². The van der Waals surface area contributed by atoms with Gasteiger partial charge in [0.05, 0.1) is 0 Å². The maximum absolute atomic E-state index is 11.7. The summed E-state index contributed by atoms with van der Waals surface area (Å²) >= 11 is 0. The number of hydrogen-bond acceptors (Lipinski definition) is 3. The average Bonchev–Trinajstić information content (AvgIpc) is 2.43. The Morgan fingerprint density at radius 3 is 2.40 bits per heavy atom. The third kappa shape index (κ3) is 6.57. The Morgan fingerprint density at radius 2 is 1.85 bits per heavy atom. The van der Waals surface area contributed by atoms with Crippen molar-refractivity contribution in [1.82, 2.24) is 5.32 Å². The molecule has 1 atom stereocenters. The van der Waals surface area contributed by atoms with E-state index < -0.39 is 0 Å². The first-order valence-corrected chi connectivity index (χ1v) is 7.22. The summed E-state index contributed by atoms with van der Waals surface area (Å²) in [5, 5.41) is 2.94. The molecule has 0 spiro atoms. The van der Waals surface area contributed by atoms with Gasteiger partial charge in [0.25, 0.3) is 5.91 Å². The van der Waals surface area contributed by atoms with Crippen LogP contribution in [0.2, 0.25) is 0 Å². The van der Waals surface area contributed by atoms with E-state index in [1.165, 1.54) is 0 Å². The number of rotatable bonds is 8. The van der Waals surface area contributed by atoms with Gasteiger partial charge >= 0.3 is 0 Å². The Labute approximate surface area is 121 Å². The number of hydrogen-bond donors (Lipinski definition) is 2. The number of nitrogens with two attached hydrogens (primary N) is 1. The van der Waals surface area contributed by atoms with Crippen LogP contribution in [0.25, 0.3) is 0 Å². The quantitative estimate of drug-likeness (QED) is 0.767. The first-order chi connectivity index (χ1) is 9.51. The number of amides is 1. The van der Waals surface area contributed by atoms with E-state index in [1.807, 2.05) is 31.2 Å². The molecule has 0 aromatic heterocycles. The molecule has 4 heteroatoms. The molecule has 0 fully saturated rings. The third-order valence-electron chi connectivity index (χ3n) is 3.11. The fourth-order valence-corrected chi connectivity index (χ4v) is 1.84. The van der Waals surface area contributed by atoms with Gasteiger partial charge in [-0.15, -0.1) is 0 Å². The van der Waals surface area contributed by atoms with Crippen LogP contribution in [0.3, 0.4) is 0 Å². The van der Waals surface area contributed by atoms with Crippen molar-refractivity contribution in [3.8, 4) is 5.75 Å². The van der Waals surface area contributed by atoms with E-state index in [0.717, 1.165) is 18.4 Å². The molecule has 1 aromatic rings. The van der Waals surface area contributed by atoms with Gasteiger partial charge in [-0.05, 0) is 43.4 Å². The summed E-state index contributed by atoms with van der Waals surface area (Å²) < 4.78 is 5.44. The Morgan fingerprint density at radius 1 is 1.20 bits per heavy atom. The van der Waals surface area contributed by atoms with Crippen molar-refractivity contribution < 1.29 is 9.53 Å². The molecule has 1 rings (SSSR count). The number of carbonyl (C=O) groups is 1. The average molecular weight is 278 g/mol. The van der Waals surface area contributed by atoms with Gasteiger partial charge in [-0.1, -0.05) is 26.0 Å². The molecule has 0 saturated carbocycles. The van der Waals surface area contributed by atoms with Crippen LogP contribution >= 0.6 is 0 Å². The molecule has 1 amide bonds. The van der Waals surface area contributed by atoms with Gasteiger partial charge in [-0.25, -0.2) is 0 Å². The fourth-order valence-electron chi connectivity index (χ4n) is 1.84. The van der Waals surface area contributed by atoms with Crippen molar-refractivity contribution in [3.05, 3.63) is 29.8 Å². The molecule has 0 heterocycles. The largest absolute Gasteiger partial charge is 0.484 e. The molecular formula is C16H26N2O2. The molecule has 1 aromatic carbocycles. The molecule has 0 bridgehead atoms. The zero-order chi connectivity index (χ0) is 15.0. The topological polar surface area (TPSA) is 64.3 Å². The molecule has 1 unspecified atom stereocenters. The van der Waals surface area contributed by atoms with E-state index in [2.05, 4.69) is 19.2 Å². The van der Waals surface area contributed by atoms with Gasteiger partial charge in [0.15, 0.2) is 6.61 Å². The molecule has 0 aliphatic rings. The van der Waals surface area contributed by atoms with Crippen LogP contribution in [0, 0.1) is 5.92 Å². The van der Waals surface area contributed by atoms with E-state index in [1.54, 1.807) is 0 Å². The molecule has 20 heavy (non-hydrogen) atoms. The van der Waals surface area contributed by atoms with Gasteiger partial charge < -0.3 is 15.8 Å². The van der Waals surface area contributed by atoms with Crippen LogP contribution in [-0.2, 0) is 11.3 Å². The Hall–Kier alpha value is -1.55. The molecule has 0 saturated heterocycles. The Bertz CT molecular complexity index is 401. The minimum Gasteiger partial charge on any atom is -0.484 e. The number of carbonyl (C=O) groups excluding carboxylic acids is 1. The minimum absolute atomic E-state index is 0.0496. The van der Waals surface area contributed by atoms with Crippen LogP contribution < -0.4 is 15.8 Å². The lowest BCUT2D eigenvalue weighted by atomic mass is 10.0. The third-order valence-corrected chi connectivity index (χ3v) is 3.11. The second-order valence-electron chi connectivity index (χ2n) is 5.58. The summed E-state index contributed by atoms with van der Waals surface area (Å²) in [6.45, 7) is 6.95. The lowest BCUT2D eigenvalue weighted by molar-refractivity contribution is -0.123. The monoisotopic (exact) mass is 278 g/mol. The molecule has 0 radical (unpaired) electrons. The predicted octanol–water partition coefficient (Wildman–Crippen LogP) is 2.46. The summed E-state index contributed by atoms with van der Waals surface area (Å²) in [6, 6.07) is 7.65. The van der Waals surface area contributed by atoms with Crippen molar-refractivity contribution in [3.63, 3.8) is 0 Å². The Kier molecular flexibility index (Phi) is 7.09. The maximum Gasteiger partial charge on any atom is 0.258 e. The minimum atomic E-state index is -0.0795. The van der Waals surface area contributed by atoms with E-state index in [9.17, 15) is 4.79 Å². The standard InChI is InChI=1S/C16H26N2O2/c1-12(2)4-5-13(3)18-16(19)11-20-15-8-6-14(10-17)7-9-15/h6-9,12-13H,4-5,10-11,17H2,1-3H3,(H,18,19). The normalized spacial score (nSPS) is 12.2. The van der Waals surface area contributed by atoms with Gasteiger partial charge in [0.2, 0.25) is 0 Å². The highest BCUT2D eigenvalue weighted by molar-refractivity contribution is 5.77. The van der Waals surface area contributed by atoms with Gasteiger partial charge in [0.1, 0.15) is 5.75 Å². The summed E-state index contributed by atoms with van der Waals surface area (Å²) in [5.74, 6) is 1.27. The van der Waals surface area contributed by atoms with Crippen LogP contribution in [0.4, 0.5) is 0 Å². The lowest BCUT2D eigenvalue weighted by Gasteiger charge is -2.15. The molecule has 0 aliphatic heterocycles. The number of ether oxygens (including phenoxy) is 1. The first-order valence-electron chi connectivity index (χ1n) is 7.22. The van der Waals surface area contributed by atoms with Crippen LogP contribution in [0.5, 0.6) is 5.75 Å². The van der Waals surface area contributed by atoms with Crippen LogP contribution in [0.15, 0.2) is 24.3 Å². The number of nitrogens with one attached hydrogen (secondary N) is 1. The summed E-state index contributed by atoms with van der Waals surface area (Å²) in [4.78, 5) is 11.7. The second kappa shape index (κ2) is 8.59. The van der Waals surface area contributed by atoms with Crippen molar-refractivity contribution in [2.24, 2.45) is 11.7 Å². The van der Waals surface area contributed by atoms with Crippen LogP contribution in [-0.4, -0.2) is 18.6 Å². The first kappa shape index (κ1) is 16.5. The SMILES string of the molecule is CC(C)CCC(C)NC(=O)COc1ccc(CN)cc1. The van der Waals surface area contributed by atoms with E-state index in [4.69, 9.17) is 10.5 Å². The van der Waals surface area contributed by atoms with Gasteiger partial charge in [-0.3, -0.25) is 4.79 Å². The summed E-state index contributed by atoms with van der Waals surface area (Å²) in [7, 11) is 0. The van der Waals surface area contributed by atoms with Crippen molar-refractivity contribution in [2.75, 3.05) is 6.61 Å². The zero-order valence-corrected chi connectivity index (χ0v) is 12.7. The van der Waals surface area contributed by atoms with E-state index in [-0.39, 0.29) is 18.6 Å². The fraction of sp³-hybridized carbons (Fsp3) is 0.562. The molecule has 112 valence electrons. The maximum atomic E-state index is 11.7. The number of benzene rings is 1.